The molecule has 1 aromatic carbocycles. The number of carbonyl (C=O) groups is 1. The third-order valence-corrected chi connectivity index (χ3v) is 4.86. The van der Waals surface area contributed by atoms with Crippen molar-refractivity contribution in [3.8, 4) is 5.75 Å². The minimum atomic E-state index is -0.835. The van der Waals surface area contributed by atoms with Crippen molar-refractivity contribution in [2.24, 2.45) is 0 Å². The highest BCUT2D eigenvalue weighted by atomic mass is 79.9. The van der Waals surface area contributed by atoms with Gasteiger partial charge in [0.1, 0.15) is 11.0 Å². The normalized spacial score (nSPS) is 23.9. The maximum absolute atomic E-state index is 10.9. The molecule has 1 aromatic rings. The predicted octanol–water partition coefficient (Wildman–Crippen LogP) is 2.71. The molecule has 92 valence electrons. The van der Waals surface area contributed by atoms with Crippen LogP contribution in [0.2, 0.25) is 0 Å². The summed E-state index contributed by atoms with van der Waals surface area (Å²) in [7, 11) is 0. The molecule has 1 fully saturated rings. The van der Waals surface area contributed by atoms with E-state index >= 15 is 0 Å². The zero-order chi connectivity index (χ0) is 12.6. The number of carboxylic acids is 1. The second kappa shape index (κ2) is 5.17. The number of hydrogen-bond donors (Lipinski definition) is 3. The van der Waals surface area contributed by atoms with Crippen molar-refractivity contribution >= 4 is 49.6 Å². The summed E-state index contributed by atoms with van der Waals surface area (Å²) in [5, 5.41) is 21.3. The van der Waals surface area contributed by atoms with E-state index in [1.165, 1.54) is 11.8 Å². The summed E-state index contributed by atoms with van der Waals surface area (Å²) in [5.74, 6) is -0.692. The van der Waals surface area contributed by atoms with Crippen molar-refractivity contribution in [2.45, 2.75) is 10.6 Å². The summed E-state index contributed by atoms with van der Waals surface area (Å²) in [6, 6.07) is 3.53. The zero-order valence-electron chi connectivity index (χ0n) is 8.48. The predicted molar refractivity (Wildman–Crippen MR) is 73.3 cm³/mol. The van der Waals surface area contributed by atoms with E-state index in [0.29, 0.717) is 16.6 Å². The van der Waals surface area contributed by atoms with Crippen LogP contribution >= 0.6 is 43.6 Å². The molecular formula is C10H9Br2NO3S. The first kappa shape index (κ1) is 13.2. The number of phenols is 1. The lowest BCUT2D eigenvalue weighted by Crippen LogP contribution is -2.21. The number of hydrogen-bond acceptors (Lipinski definition) is 4. The van der Waals surface area contributed by atoms with Crippen molar-refractivity contribution < 1.29 is 15.0 Å². The average molecular weight is 383 g/mol. The van der Waals surface area contributed by atoms with E-state index in [2.05, 4.69) is 37.2 Å². The summed E-state index contributed by atoms with van der Waals surface area (Å²) in [4.78, 5) is 10.9. The zero-order valence-corrected chi connectivity index (χ0v) is 12.5. The molecule has 1 aliphatic heterocycles. The Morgan fingerprint density at radius 2 is 2.18 bits per heavy atom. The highest BCUT2D eigenvalue weighted by molar-refractivity contribution is 9.11. The number of carboxylic acid groups (broad SMARTS) is 1. The lowest BCUT2D eigenvalue weighted by molar-refractivity contribution is -0.136. The molecule has 0 amide bonds. The quantitative estimate of drug-likeness (QED) is 0.733. The van der Waals surface area contributed by atoms with Gasteiger partial charge in [0.25, 0.3) is 0 Å². The summed E-state index contributed by atoms with van der Waals surface area (Å²) in [6.45, 7) is 0.397. The van der Waals surface area contributed by atoms with Gasteiger partial charge in [0.15, 0.2) is 0 Å². The van der Waals surface area contributed by atoms with Crippen LogP contribution in [0.15, 0.2) is 21.1 Å². The Labute approximate surface area is 119 Å². The second-order valence-electron chi connectivity index (χ2n) is 3.58. The van der Waals surface area contributed by atoms with Crippen molar-refractivity contribution in [1.29, 1.82) is 0 Å². The maximum atomic E-state index is 10.9. The van der Waals surface area contributed by atoms with Gasteiger partial charge in [-0.3, -0.25) is 10.1 Å². The molecule has 0 unspecified atom stereocenters. The Hall–Kier alpha value is -0.240. The summed E-state index contributed by atoms with van der Waals surface area (Å²) in [6.07, 6.45) is 0. The number of thioether (sulfide) groups is 1. The van der Waals surface area contributed by atoms with Crippen LogP contribution in [0.1, 0.15) is 10.9 Å². The number of aliphatic carboxylic acids is 1. The molecular weight excluding hydrogens is 374 g/mol. The van der Waals surface area contributed by atoms with Crippen molar-refractivity contribution in [2.75, 3.05) is 6.54 Å². The van der Waals surface area contributed by atoms with Crippen molar-refractivity contribution in [1.82, 2.24) is 5.32 Å². The molecule has 0 aliphatic carbocycles. The van der Waals surface area contributed by atoms with E-state index in [9.17, 15) is 9.90 Å². The van der Waals surface area contributed by atoms with Crippen LogP contribution in [0.4, 0.5) is 0 Å². The highest BCUT2D eigenvalue weighted by Gasteiger charge is 2.32. The van der Waals surface area contributed by atoms with Gasteiger partial charge in [0, 0.05) is 16.6 Å². The fraction of sp³-hybridized carbons (Fsp3) is 0.300. The minimum absolute atomic E-state index is 0.143. The number of aromatic hydroxyl groups is 1. The largest absolute Gasteiger partial charge is 0.506 e. The van der Waals surface area contributed by atoms with Gasteiger partial charge in [0.2, 0.25) is 0 Å². The topological polar surface area (TPSA) is 69.6 Å². The van der Waals surface area contributed by atoms with Crippen LogP contribution in [-0.2, 0) is 4.79 Å². The standard InChI is InChI=1S/C10H9Br2NO3S/c11-4-1-5(8(14)6(12)2-4)9-13-3-7(17-9)10(15)16/h1-2,7,9,13-14H,3H2,(H,15,16)/t7-,9+/m0/s1. The average Bonchev–Trinajstić information content (AvgIpc) is 2.72. The Bertz CT molecular complexity index is 469. The monoisotopic (exact) mass is 381 g/mol. The number of benzene rings is 1. The fourth-order valence-electron chi connectivity index (χ4n) is 1.59. The van der Waals surface area contributed by atoms with Crippen molar-refractivity contribution in [3.63, 3.8) is 0 Å². The first-order chi connectivity index (χ1) is 7.99. The van der Waals surface area contributed by atoms with Crippen molar-refractivity contribution in [3.05, 3.63) is 26.6 Å². The number of halogens is 2. The van der Waals surface area contributed by atoms with Gasteiger partial charge in [-0.25, -0.2) is 0 Å². The molecule has 2 atom stereocenters. The fourth-order valence-corrected chi connectivity index (χ4v) is 4.00. The first-order valence-electron chi connectivity index (χ1n) is 4.78. The molecule has 0 saturated carbocycles. The van der Waals surface area contributed by atoms with E-state index < -0.39 is 11.2 Å². The molecule has 3 N–H and O–H groups in total. The van der Waals surface area contributed by atoms with Gasteiger partial charge in [-0.05, 0) is 28.1 Å². The molecule has 7 heteroatoms. The molecule has 0 spiro atoms. The van der Waals surface area contributed by atoms with Crippen LogP contribution in [0, 0.1) is 0 Å². The van der Waals surface area contributed by atoms with Crippen LogP contribution in [0.25, 0.3) is 0 Å². The van der Waals surface area contributed by atoms with Gasteiger partial charge in [-0.15, -0.1) is 11.8 Å². The Morgan fingerprint density at radius 1 is 1.47 bits per heavy atom. The van der Waals surface area contributed by atoms with E-state index in [4.69, 9.17) is 5.11 Å². The van der Waals surface area contributed by atoms with Gasteiger partial charge in [-0.2, -0.15) is 0 Å². The molecule has 1 heterocycles. The van der Waals surface area contributed by atoms with E-state index in [0.717, 1.165) is 4.47 Å². The Morgan fingerprint density at radius 3 is 2.76 bits per heavy atom. The molecule has 1 aliphatic rings. The van der Waals surface area contributed by atoms with Crippen LogP contribution in [0.5, 0.6) is 5.75 Å². The summed E-state index contributed by atoms with van der Waals surface area (Å²) < 4.78 is 1.42. The molecule has 0 bridgehead atoms. The van der Waals surface area contributed by atoms with Gasteiger partial charge in [-0.1, -0.05) is 15.9 Å². The Kier molecular flexibility index (Phi) is 4.02. The number of rotatable bonds is 2. The van der Waals surface area contributed by atoms with Gasteiger partial charge < -0.3 is 10.2 Å². The second-order valence-corrected chi connectivity index (χ2v) is 6.66. The van der Waals surface area contributed by atoms with Crippen LogP contribution in [0.3, 0.4) is 0 Å². The van der Waals surface area contributed by atoms with E-state index in [1.54, 1.807) is 12.1 Å². The lowest BCUT2D eigenvalue weighted by atomic mass is 10.2. The summed E-state index contributed by atoms with van der Waals surface area (Å²) >= 11 is 7.89. The van der Waals surface area contributed by atoms with E-state index in [-0.39, 0.29) is 11.1 Å². The maximum Gasteiger partial charge on any atom is 0.318 e. The lowest BCUT2D eigenvalue weighted by Gasteiger charge is -2.13. The molecule has 1 saturated heterocycles. The SMILES string of the molecule is O=C(O)[C@@H]1CN[C@@H](c2cc(Br)cc(Br)c2O)S1. The smallest absolute Gasteiger partial charge is 0.318 e. The first-order valence-corrected chi connectivity index (χ1v) is 7.31. The number of phenolic OH excluding ortho intramolecular Hbond substituents is 1. The molecule has 17 heavy (non-hydrogen) atoms. The van der Waals surface area contributed by atoms with E-state index in [1.807, 2.05) is 0 Å². The number of nitrogens with one attached hydrogen (secondary N) is 1. The molecule has 2 rings (SSSR count). The molecule has 4 nitrogen and oxygen atoms in total. The third kappa shape index (κ3) is 2.78. The molecule has 0 aromatic heterocycles. The van der Waals surface area contributed by atoms with Gasteiger partial charge >= 0.3 is 5.97 Å². The summed E-state index contributed by atoms with van der Waals surface area (Å²) in [5.41, 5.74) is 0.681. The van der Waals surface area contributed by atoms with Crippen LogP contribution in [-0.4, -0.2) is 28.0 Å². The highest BCUT2D eigenvalue weighted by Crippen LogP contribution is 2.42. The molecule has 0 radical (unpaired) electrons. The minimum Gasteiger partial charge on any atom is -0.506 e. The Balaban J connectivity index is 2.27. The third-order valence-electron chi connectivity index (χ3n) is 2.40. The van der Waals surface area contributed by atoms with Gasteiger partial charge in [0.05, 0.1) is 9.85 Å². The van der Waals surface area contributed by atoms with Crippen LogP contribution < -0.4 is 5.32 Å².